The quantitative estimate of drug-likeness (QED) is 0.0279. The number of rotatable bonds is 22. The Bertz CT molecular complexity index is 4470. The molecule has 0 aliphatic carbocycles. The van der Waals surface area contributed by atoms with Crippen LogP contribution in [0.2, 0.25) is 5.02 Å². The molecule has 7 aliphatic heterocycles. The van der Waals surface area contributed by atoms with Crippen LogP contribution in [0.4, 0.5) is 11.4 Å². The lowest BCUT2D eigenvalue weighted by Crippen LogP contribution is -2.50. The van der Waals surface area contributed by atoms with E-state index >= 15 is 8.42 Å². The number of benzene rings is 6. The molecule has 1 amide bonds. The molecule has 1 saturated heterocycles. The van der Waals surface area contributed by atoms with E-state index in [9.17, 15) is 19.6 Å². The molecular formula is C77H84ClN8O12PS. The third-order valence-corrected chi connectivity index (χ3v) is 24.8. The predicted octanol–water partition coefficient (Wildman–Crippen LogP) is 11.9. The van der Waals surface area contributed by atoms with Crippen molar-refractivity contribution in [3.05, 3.63) is 202 Å². The van der Waals surface area contributed by atoms with E-state index in [1.165, 1.54) is 33.3 Å². The number of nitrogens with one attached hydrogen (secondary N) is 2. The van der Waals surface area contributed by atoms with Gasteiger partial charge in [-0.2, -0.15) is 9.57 Å². The molecule has 0 saturated carbocycles. The molecule has 7 aromatic rings. The number of hydrogen-bond acceptors (Lipinski definition) is 16. The maximum atomic E-state index is 15.6. The summed E-state index contributed by atoms with van der Waals surface area (Å²) in [5, 5.41) is 12.9. The molecule has 6 aromatic carbocycles. The average Bonchev–Trinajstić information content (AvgIpc) is 1.45. The summed E-state index contributed by atoms with van der Waals surface area (Å²) < 4.78 is 82.8. The molecule has 1 fully saturated rings. The molecule has 0 radical (unpaired) electrons. The Kier molecular flexibility index (Phi) is 19.9. The first-order valence-corrected chi connectivity index (χ1v) is 37.8. The Morgan fingerprint density at radius 2 is 1.38 bits per heavy atom. The summed E-state index contributed by atoms with van der Waals surface area (Å²) in [5.41, 5.74) is 7.55. The van der Waals surface area contributed by atoms with Gasteiger partial charge in [-0.05, 0) is 155 Å². The summed E-state index contributed by atoms with van der Waals surface area (Å²) in [4.78, 5) is 49.5. The minimum absolute atomic E-state index is 0.0204. The molecule has 20 nitrogen and oxygen atoms in total. The Labute approximate surface area is 590 Å². The standard InChI is InChI=1S/C77H84ClN8O12PS/c1-49(2)86(50(3)4)99(95-42-16-35-79)98-65-46-69(96-66(65)48-94-77(54-20-8-7-9-21-54,55-25-30-58(92-5)31-26-55)56-27-32-59(93-6)33-28-56)84-47-53(74(88)81-75(84)89)17-10-11-24-68(87)80-36-41-85-76(62-34-29-57(78)45-67(62)100(85,90)91)63-43-51-18-12-37-82-39-14-22-60(70(51)82)72(63)97-73-61-23-15-40-83-38-13-19-52(71(61)83)44-64(73)76/h7-9,20-21,25-34,43-45,47,49-50,65-66,69H,11-16,18-19,22-24,36-42,46,48H2,1-6H3,(H,80,87)(H,81,88,89)/t65?,66-,69-,99?/m1/s1. The normalized spacial score (nSPS) is 19.4. The van der Waals surface area contributed by atoms with Crippen molar-refractivity contribution >= 4 is 47.4 Å². The minimum atomic E-state index is -4.28. The van der Waals surface area contributed by atoms with Gasteiger partial charge in [-0.25, -0.2) is 17.9 Å². The Hall–Kier alpha value is -8.05. The second-order valence-corrected chi connectivity index (χ2v) is 30.8. The number of halogens is 1. The number of anilines is 2. The van der Waals surface area contributed by atoms with Crippen LogP contribution < -0.4 is 40.6 Å². The number of fused-ring (bicyclic) bond motifs is 8. The van der Waals surface area contributed by atoms with Crippen LogP contribution in [-0.2, 0) is 70.2 Å². The van der Waals surface area contributed by atoms with Gasteiger partial charge >= 0.3 is 5.69 Å². The molecule has 2 N–H and O–H groups in total. The zero-order valence-electron chi connectivity index (χ0n) is 57.3. The number of hydrogen-bond donors (Lipinski definition) is 2. The maximum absolute atomic E-state index is 15.6. The zero-order chi connectivity index (χ0) is 69.6. The Balaban J connectivity index is 0.742. The van der Waals surface area contributed by atoms with E-state index in [1.807, 2.05) is 113 Å². The van der Waals surface area contributed by atoms with Crippen molar-refractivity contribution in [1.29, 1.82) is 5.26 Å². The molecule has 0 bridgehead atoms. The van der Waals surface area contributed by atoms with Crippen LogP contribution in [0.3, 0.4) is 0 Å². The molecular weight excluding hydrogens is 1330 g/mol. The highest BCUT2D eigenvalue weighted by Gasteiger charge is 2.61. The van der Waals surface area contributed by atoms with E-state index in [0.717, 1.165) is 128 Å². The van der Waals surface area contributed by atoms with Gasteiger partial charge in [0.25, 0.3) is 14.1 Å². The number of aryl methyl sites for hydroxylation is 2. The van der Waals surface area contributed by atoms with Gasteiger partial charge in [0.15, 0.2) is 0 Å². The van der Waals surface area contributed by atoms with Crippen LogP contribution in [0.1, 0.15) is 146 Å². The van der Waals surface area contributed by atoms with Gasteiger partial charge in [-0.15, -0.1) is 0 Å². The average molecular weight is 1410 g/mol. The van der Waals surface area contributed by atoms with Crippen molar-refractivity contribution in [2.75, 3.05) is 76.5 Å². The van der Waals surface area contributed by atoms with E-state index in [0.29, 0.717) is 22.1 Å². The van der Waals surface area contributed by atoms with Crippen LogP contribution in [0, 0.1) is 23.2 Å². The molecule has 100 heavy (non-hydrogen) atoms. The van der Waals surface area contributed by atoms with Gasteiger partial charge in [0, 0.05) is 121 Å². The van der Waals surface area contributed by atoms with Gasteiger partial charge in [-0.1, -0.05) is 84.1 Å². The number of sulfonamides is 1. The summed E-state index contributed by atoms with van der Waals surface area (Å²) >= 11 is 6.76. The fourth-order valence-electron chi connectivity index (χ4n) is 16.3. The zero-order valence-corrected chi connectivity index (χ0v) is 59.8. The number of methoxy groups -OCH3 is 2. The van der Waals surface area contributed by atoms with Crippen LogP contribution in [0.15, 0.2) is 130 Å². The number of amides is 1. The summed E-state index contributed by atoms with van der Waals surface area (Å²) in [6, 6.07) is 37.0. The van der Waals surface area contributed by atoms with Gasteiger partial charge in [0.2, 0.25) is 15.9 Å². The number of carbonyl (C=O) groups is 1. The SMILES string of the molecule is COc1ccc(C(OC[C@H]2O[C@@H](n3cc(C#CCCC(=O)NCCN4C5(c6ccc(Cl)cc6S4(=O)=O)c4cc6c7c(c4Oc4c5cc5c8c4CCCN8CCC5)CCCN7CCC6)c(=O)[nH]c3=O)CC2OP(OCCC#N)N(C(C)C)C(C)C)(c2ccccc2)c2ccc(OC)cc2)cc1. The monoisotopic (exact) mass is 1410 g/mol. The lowest BCUT2D eigenvalue weighted by Gasteiger charge is -2.48. The lowest BCUT2D eigenvalue weighted by molar-refractivity contribution is -0.121. The van der Waals surface area contributed by atoms with Gasteiger partial charge in [-0.3, -0.25) is 19.1 Å². The number of H-pyrrole nitrogens is 1. The first kappa shape index (κ1) is 69.1. The van der Waals surface area contributed by atoms with Gasteiger partial charge in [0.1, 0.15) is 52.0 Å². The maximum Gasteiger partial charge on any atom is 0.330 e. The summed E-state index contributed by atoms with van der Waals surface area (Å²) in [5.74, 6) is 8.32. The first-order valence-electron chi connectivity index (χ1n) is 34.9. The molecule has 8 heterocycles. The van der Waals surface area contributed by atoms with Gasteiger partial charge < -0.3 is 47.8 Å². The second-order valence-electron chi connectivity index (χ2n) is 27.1. The summed E-state index contributed by atoms with van der Waals surface area (Å²) in [6.45, 7) is 11.9. The number of aromatic nitrogens is 2. The van der Waals surface area contributed by atoms with Gasteiger partial charge in [0.05, 0.1) is 50.9 Å². The fourth-order valence-corrected chi connectivity index (χ4v) is 20.3. The van der Waals surface area contributed by atoms with Crippen molar-refractivity contribution in [3.8, 4) is 40.9 Å². The number of carbonyl (C=O) groups excluding carboxylic acids is 1. The molecule has 1 aromatic heterocycles. The predicted molar refractivity (Wildman–Crippen MR) is 383 cm³/mol. The minimum Gasteiger partial charge on any atom is -0.497 e. The smallest absolute Gasteiger partial charge is 0.330 e. The number of nitriles is 1. The van der Waals surface area contributed by atoms with Crippen LogP contribution >= 0.6 is 20.1 Å². The number of ether oxygens (including phenoxy) is 5. The third kappa shape index (κ3) is 12.5. The molecule has 7 aliphatic rings. The Morgan fingerprint density at radius 3 is 1.96 bits per heavy atom. The number of aromatic amines is 1. The summed E-state index contributed by atoms with van der Waals surface area (Å²) in [6.07, 6.45) is 6.09. The van der Waals surface area contributed by atoms with Crippen molar-refractivity contribution < 1.29 is 45.9 Å². The number of nitrogens with zero attached hydrogens (tertiary/aromatic N) is 6. The third-order valence-electron chi connectivity index (χ3n) is 20.5. The molecule has 1 spiro atoms. The van der Waals surface area contributed by atoms with Crippen LogP contribution in [0.25, 0.3) is 0 Å². The van der Waals surface area contributed by atoms with E-state index in [-0.39, 0.29) is 80.4 Å². The highest BCUT2D eigenvalue weighted by Crippen LogP contribution is 2.64. The first-order chi connectivity index (χ1) is 48.5. The highest BCUT2D eigenvalue weighted by atomic mass is 35.5. The van der Waals surface area contributed by atoms with Crippen molar-refractivity contribution in [1.82, 2.24) is 23.8 Å². The largest absolute Gasteiger partial charge is 0.497 e. The second kappa shape index (κ2) is 28.8. The van der Waals surface area contributed by atoms with E-state index in [4.69, 9.17) is 44.3 Å². The van der Waals surface area contributed by atoms with Crippen molar-refractivity contribution in [2.45, 2.75) is 151 Å². The van der Waals surface area contributed by atoms with E-state index in [1.54, 1.807) is 30.7 Å². The molecule has 14 rings (SSSR count). The fraction of sp³-hybridized carbons (Fsp3) is 0.429. The lowest BCUT2D eigenvalue weighted by atomic mass is 9.70. The summed E-state index contributed by atoms with van der Waals surface area (Å²) in [7, 11) is -2.88. The van der Waals surface area contributed by atoms with Crippen molar-refractivity contribution in [2.24, 2.45) is 0 Å². The Morgan fingerprint density at radius 1 is 0.790 bits per heavy atom. The molecule has 4 atom stereocenters. The van der Waals surface area contributed by atoms with E-state index in [2.05, 4.69) is 54.8 Å². The topological polar surface area (TPSA) is 219 Å². The molecule has 23 heteroatoms. The molecule has 2 unspecified atom stereocenters. The highest BCUT2D eigenvalue weighted by molar-refractivity contribution is 7.89. The molecule has 522 valence electrons. The van der Waals surface area contributed by atoms with Crippen molar-refractivity contribution in [3.63, 3.8) is 0 Å². The van der Waals surface area contributed by atoms with Crippen LogP contribution in [-0.4, -0.2) is 124 Å². The van der Waals surface area contributed by atoms with E-state index < -0.39 is 59.4 Å². The van der Waals surface area contributed by atoms with Crippen LogP contribution in [0.5, 0.6) is 23.0 Å².